The molecule has 3 rings (SSSR count). The number of imidazole rings is 1. The summed E-state index contributed by atoms with van der Waals surface area (Å²) >= 11 is 3.39. The summed E-state index contributed by atoms with van der Waals surface area (Å²) in [5.74, 6) is 1.63. The zero-order valence-corrected chi connectivity index (χ0v) is 15.8. The maximum absolute atomic E-state index is 12.5. The van der Waals surface area contributed by atoms with E-state index in [1.807, 2.05) is 35.9 Å². The van der Waals surface area contributed by atoms with E-state index < -0.39 is 0 Å². The number of carbonyl (C=O) groups is 1. The lowest BCUT2D eigenvalue weighted by atomic mass is 10.2. The van der Waals surface area contributed by atoms with Crippen LogP contribution in [0.15, 0.2) is 40.9 Å². The second kappa shape index (κ2) is 7.14. The Morgan fingerprint density at radius 3 is 2.44 bits per heavy atom. The van der Waals surface area contributed by atoms with Gasteiger partial charge in [-0.25, -0.2) is 4.98 Å². The van der Waals surface area contributed by atoms with Crippen molar-refractivity contribution >= 4 is 32.9 Å². The summed E-state index contributed by atoms with van der Waals surface area (Å²) in [6, 6.07) is 11.2. The molecule has 0 saturated heterocycles. The van der Waals surface area contributed by atoms with Gasteiger partial charge >= 0.3 is 0 Å². The number of para-hydroxylation sites is 2. The molecule has 0 aliphatic carbocycles. The highest BCUT2D eigenvalue weighted by atomic mass is 79.9. The van der Waals surface area contributed by atoms with E-state index >= 15 is 0 Å². The number of aryl methyl sites for hydroxylation is 1. The van der Waals surface area contributed by atoms with Crippen LogP contribution in [0.2, 0.25) is 0 Å². The van der Waals surface area contributed by atoms with Crippen LogP contribution in [0.1, 0.15) is 16.2 Å². The Bertz CT molecular complexity index is 911. The molecule has 0 aliphatic heterocycles. The van der Waals surface area contributed by atoms with E-state index in [2.05, 4.69) is 26.2 Å². The molecule has 7 heteroatoms. The minimum absolute atomic E-state index is 0.226. The van der Waals surface area contributed by atoms with Gasteiger partial charge < -0.3 is 19.4 Å². The smallest absolute Gasteiger partial charge is 0.251 e. The third-order valence-corrected chi connectivity index (χ3v) is 4.78. The maximum atomic E-state index is 12.5. The van der Waals surface area contributed by atoms with Crippen LogP contribution in [0.5, 0.6) is 11.5 Å². The fraction of sp³-hybridized carbons (Fsp3) is 0.222. The van der Waals surface area contributed by atoms with E-state index in [4.69, 9.17) is 9.47 Å². The van der Waals surface area contributed by atoms with E-state index in [0.717, 1.165) is 16.9 Å². The molecule has 1 amide bonds. The Kier molecular flexibility index (Phi) is 4.94. The molecule has 25 heavy (non-hydrogen) atoms. The Hall–Kier alpha value is -2.54. The van der Waals surface area contributed by atoms with Gasteiger partial charge in [-0.1, -0.05) is 12.1 Å². The third kappa shape index (κ3) is 3.32. The molecule has 0 spiro atoms. The molecule has 0 atom stereocenters. The summed E-state index contributed by atoms with van der Waals surface area (Å²) in [5, 5.41) is 2.89. The molecule has 2 aromatic carbocycles. The van der Waals surface area contributed by atoms with Crippen LogP contribution in [0.25, 0.3) is 11.0 Å². The van der Waals surface area contributed by atoms with Crippen LogP contribution in [0, 0.1) is 0 Å². The van der Waals surface area contributed by atoms with Gasteiger partial charge in [-0.05, 0) is 40.2 Å². The molecule has 1 N–H and O–H groups in total. The molecule has 0 fully saturated rings. The van der Waals surface area contributed by atoms with E-state index in [-0.39, 0.29) is 5.91 Å². The summed E-state index contributed by atoms with van der Waals surface area (Å²) in [6.07, 6.45) is 0. The number of carbonyl (C=O) groups excluding carboxylic acids is 1. The van der Waals surface area contributed by atoms with E-state index in [9.17, 15) is 4.79 Å². The van der Waals surface area contributed by atoms with Crippen molar-refractivity contribution in [2.75, 3.05) is 14.2 Å². The zero-order chi connectivity index (χ0) is 18.0. The first kappa shape index (κ1) is 17.3. The zero-order valence-electron chi connectivity index (χ0n) is 14.2. The molecule has 0 saturated carbocycles. The van der Waals surface area contributed by atoms with E-state index in [1.54, 1.807) is 26.4 Å². The number of amides is 1. The summed E-state index contributed by atoms with van der Waals surface area (Å²) in [4.78, 5) is 17.1. The van der Waals surface area contributed by atoms with Crippen LogP contribution < -0.4 is 14.8 Å². The van der Waals surface area contributed by atoms with Crippen LogP contribution in [0.4, 0.5) is 0 Å². The van der Waals surface area contributed by atoms with Gasteiger partial charge in [-0.2, -0.15) is 0 Å². The van der Waals surface area contributed by atoms with Crippen molar-refractivity contribution in [3.8, 4) is 11.5 Å². The van der Waals surface area contributed by atoms with Gasteiger partial charge in [0.2, 0.25) is 0 Å². The summed E-state index contributed by atoms with van der Waals surface area (Å²) in [7, 11) is 5.02. The lowest BCUT2D eigenvalue weighted by Gasteiger charge is -2.11. The average molecular weight is 404 g/mol. The van der Waals surface area contributed by atoms with Crippen LogP contribution in [-0.4, -0.2) is 29.7 Å². The molecule has 0 unspecified atom stereocenters. The quantitative estimate of drug-likeness (QED) is 0.709. The lowest BCUT2D eigenvalue weighted by Crippen LogP contribution is -2.24. The van der Waals surface area contributed by atoms with Crippen molar-refractivity contribution < 1.29 is 14.3 Å². The number of hydrogen-bond donors (Lipinski definition) is 1. The van der Waals surface area contributed by atoms with Crippen molar-refractivity contribution in [3.05, 3.63) is 52.3 Å². The van der Waals surface area contributed by atoms with Gasteiger partial charge in [0.25, 0.3) is 5.91 Å². The van der Waals surface area contributed by atoms with E-state index in [1.165, 1.54) is 0 Å². The molecule has 3 aromatic rings. The summed E-state index contributed by atoms with van der Waals surface area (Å²) in [6.45, 7) is 0.324. The van der Waals surface area contributed by atoms with Crippen LogP contribution in [0.3, 0.4) is 0 Å². The number of nitrogens with zero attached hydrogens (tertiary/aromatic N) is 2. The Labute approximate surface area is 153 Å². The molecule has 0 radical (unpaired) electrons. The molecule has 0 aliphatic rings. The number of ether oxygens (including phenoxy) is 2. The standard InChI is InChI=1S/C18H18BrN3O3/c1-22-13-7-5-4-6-12(13)21-16(22)10-20-18(23)11-8-14(24-2)17(19)15(9-11)25-3/h4-9H,10H2,1-3H3,(H,20,23). The van der Waals surface area contributed by atoms with Crippen LogP contribution in [-0.2, 0) is 13.6 Å². The van der Waals surface area contributed by atoms with Gasteiger partial charge in [0, 0.05) is 12.6 Å². The number of fused-ring (bicyclic) bond motifs is 1. The van der Waals surface area contributed by atoms with Crippen molar-refractivity contribution in [2.24, 2.45) is 7.05 Å². The fourth-order valence-electron chi connectivity index (χ4n) is 2.62. The average Bonchev–Trinajstić information content (AvgIpc) is 2.96. The second-order valence-electron chi connectivity index (χ2n) is 5.45. The van der Waals surface area contributed by atoms with Crippen molar-refractivity contribution in [3.63, 3.8) is 0 Å². The monoisotopic (exact) mass is 403 g/mol. The highest BCUT2D eigenvalue weighted by Gasteiger charge is 2.15. The number of methoxy groups -OCH3 is 2. The molecule has 0 bridgehead atoms. The number of halogens is 1. The number of nitrogens with one attached hydrogen (secondary N) is 1. The van der Waals surface area contributed by atoms with Crippen molar-refractivity contribution in [1.29, 1.82) is 0 Å². The minimum Gasteiger partial charge on any atom is -0.495 e. The normalized spacial score (nSPS) is 10.7. The molecular weight excluding hydrogens is 386 g/mol. The Morgan fingerprint density at radius 2 is 1.84 bits per heavy atom. The Morgan fingerprint density at radius 1 is 1.20 bits per heavy atom. The van der Waals surface area contributed by atoms with Crippen LogP contribution >= 0.6 is 15.9 Å². The molecule has 130 valence electrons. The SMILES string of the molecule is COc1cc(C(=O)NCc2nc3ccccc3n2C)cc(OC)c1Br. The number of rotatable bonds is 5. The van der Waals surface area contributed by atoms with Crippen molar-refractivity contribution in [2.45, 2.75) is 6.54 Å². The molecule has 1 heterocycles. The topological polar surface area (TPSA) is 65.4 Å². The van der Waals surface area contributed by atoms with Gasteiger partial charge in [0.05, 0.1) is 31.8 Å². The largest absolute Gasteiger partial charge is 0.495 e. The number of hydrogen-bond acceptors (Lipinski definition) is 4. The molecule has 1 aromatic heterocycles. The third-order valence-electron chi connectivity index (χ3n) is 3.99. The predicted octanol–water partition coefficient (Wildman–Crippen LogP) is 3.28. The minimum atomic E-state index is -0.226. The highest BCUT2D eigenvalue weighted by Crippen LogP contribution is 2.35. The molecular formula is C18H18BrN3O3. The first-order chi connectivity index (χ1) is 12.0. The predicted molar refractivity (Wildman–Crippen MR) is 99.1 cm³/mol. The van der Waals surface area contributed by atoms with Gasteiger partial charge in [-0.3, -0.25) is 4.79 Å². The van der Waals surface area contributed by atoms with Gasteiger partial charge in [0.15, 0.2) is 0 Å². The summed E-state index contributed by atoms with van der Waals surface area (Å²) in [5.41, 5.74) is 2.38. The summed E-state index contributed by atoms with van der Waals surface area (Å²) < 4.78 is 13.2. The molecule has 6 nitrogen and oxygen atoms in total. The first-order valence-electron chi connectivity index (χ1n) is 7.65. The Balaban J connectivity index is 1.81. The highest BCUT2D eigenvalue weighted by molar-refractivity contribution is 9.10. The van der Waals surface area contributed by atoms with E-state index in [0.29, 0.717) is 28.1 Å². The lowest BCUT2D eigenvalue weighted by molar-refractivity contribution is 0.0949. The first-order valence-corrected chi connectivity index (χ1v) is 8.44. The maximum Gasteiger partial charge on any atom is 0.251 e. The second-order valence-corrected chi connectivity index (χ2v) is 6.25. The van der Waals surface area contributed by atoms with Gasteiger partial charge in [-0.15, -0.1) is 0 Å². The number of benzene rings is 2. The van der Waals surface area contributed by atoms with Crippen molar-refractivity contribution in [1.82, 2.24) is 14.9 Å². The number of aromatic nitrogens is 2. The van der Waals surface area contributed by atoms with Gasteiger partial charge in [0.1, 0.15) is 21.8 Å². The fourth-order valence-corrected chi connectivity index (χ4v) is 3.17.